The Morgan fingerprint density at radius 2 is 1.00 bits per heavy atom. The van der Waals surface area contributed by atoms with Crippen LogP contribution >= 0.6 is 0 Å². The zero-order chi connectivity index (χ0) is 18.0. The van der Waals surface area contributed by atoms with Gasteiger partial charge in [0.2, 0.25) is 0 Å². The molecule has 0 amide bonds. The van der Waals surface area contributed by atoms with Crippen LogP contribution in [-0.2, 0) is 0 Å². The van der Waals surface area contributed by atoms with Crippen molar-refractivity contribution in [2.75, 3.05) is 32.8 Å². The van der Waals surface area contributed by atoms with Crippen LogP contribution in [0.1, 0.15) is 103 Å². The van der Waals surface area contributed by atoms with Crippen LogP contribution in [0.2, 0.25) is 0 Å². The number of likely N-dealkylation sites (tertiary alicyclic amines) is 1. The Labute approximate surface area is 157 Å². The van der Waals surface area contributed by atoms with Gasteiger partial charge in [-0.1, -0.05) is 64.2 Å². The number of aliphatic hydroxyl groups is 2. The van der Waals surface area contributed by atoms with Crippen molar-refractivity contribution >= 4 is 0 Å². The van der Waals surface area contributed by atoms with Crippen molar-refractivity contribution in [3.63, 3.8) is 0 Å². The van der Waals surface area contributed by atoms with E-state index in [1.165, 1.54) is 110 Å². The van der Waals surface area contributed by atoms with E-state index in [0.717, 1.165) is 18.8 Å². The summed E-state index contributed by atoms with van der Waals surface area (Å²) in [5, 5.41) is 17.7. The van der Waals surface area contributed by atoms with Crippen LogP contribution in [-0.4, -0.2) is 48.0 Å². The third-order valence-corrected chi connectivity index (χ3v) is 5.83. The fourth-order valence-electron chi connectivity index (χ4n) is 4.19. The molecule has 1 saturated heterocycles. The van der Waals surface area contributed by atoms with Crippen molar-refractivity contribution in [3.8, 4) is 0 Å². The van der Waals surface area contributed by atoms with Crippen LogP contribution < -0.4 is 0 Å². The molecule has 0 radical (unpaired) electrons. The molecule has 1 aliphatic rings. The molecule has 3 heteroatoms. The van der Waals surface area contributed by atoms with Crippen LogP contribution in [0, 0.1) is 5.92 Å². The molecule has 1 heterocycles. The number of hydrogen-bond donors (Lipinski definition) is 2. The Hall–Kier alpha value is -0.120. The highest BCUT2D eigenvalue weighted by Gasteiger charge is 2.13. The molecule has 0 aromatic rings. The van der Waals surface area contributed by atoms with Crippen LogP contribution in [0.3, 0.4) is 0 Å². The molecule has 1 aliphatic heterocycles. The molecule has 0 aliphatic carbocycles. The van der Waals surface area contributed by atoms with Gasteiger partial charge in [-0.05, 0) is 64.1 Å². The Morgan fingerprint density at radius 3 is 1.52 bits per heavy atom. The zero-order valence-corrected chi connectivity index (χ0v) is 16.8. The van der Waals surface area contributed by atoms with Gasteiger partial charge >= 0.3 is 0 Å². The predicted molar refractivity (Wildman–Crippen MR) is 108 cm³/mol. The van der Waals surface area contributed by atoms with Crippen LogP contribution in [0.25, 0.3) is 0 Å². The first-order chi connectivity index (χ1) is 12.4. The lowest BCUT2D eigenvalue weighted by atomic mass is 9.90. The Morgan fingerprint density at radius 1 is 0.560 bits per heavy atom. The van der Waals surface area contributed by atoms with E-state index in [9.17, 15) is 0 Å². The fourth-order valence-corrected chi connectivity index (χ4v) is 4.19. The molecule has 0 saturated carbocycles. The van der Waals surface area contributed by atoms with Crippen molar-refractivity contribution in [2.24, 2.45) is 5.92 Å². The van der Waals surface area contributed by atoms with Gasteiger partial charge in [0.1, 0.15) is 0 Å². The number of hydrogen-bond acceptors (Lipinski definition) is 3. The lowest BCUT2D eigenvalue weighted by Crippen LogP contribution is -2.21. The average Bonchev–Trinajstić information content (AvgIpc) is 3.13. The van der Waals surface area contributed by atoms with Gasteiger partial charge in [0.15, 0.2) is 0 Å². The molecule has 1 rings (SSSR count). The van der Waals surface area contributed by atoms with Gasteiger partial charge in [-0.25, -0.2) is 0 Å². The fraction of sp³-hybridized carbons (Fsp3) is 1.00. The van der Waals surface area contributed by atoms with Crippen LogP contribution in [0.5, 0.6) is 0 Å². The summed E-state index contributed by atoms with van der Waals surface area (Å²) in [4.78, 5) is 2.65. The van der Waals surface area contributed by atoms with Crippen molar-refractivity contribution in [1.82, 2.24) is 4.90 Å². The third-order valence-electron chi connectivity index (χ3n) is 5.83. The van der Waals surface area contributed by atoms with Crippen LogP contribution in [0.4, 0.5) is 0 Å². The number of rotatable bonds is 18. The van der Waals surface area contributed by atoms with Gasteiger partial charge in [-0.15, -0.1) is 0 Å². The molecule has 0 unspecified atom stereocenters. The third kappa shape index (κ3) is 13.7. The summed E-state index contributed by atoms with van der Waals surface area (Å²) in [5.74, 6) is 0.929. The second kappa shape index (κ2) is 17.3. The van der Waals surface area contributed by atoms with E-state index in [1.807, 2.05) is 0 Å². The molecule has 150 valence electrons. The van der Waals surface area contributed by atoms with E-state index in [0.29, 0.717) is 13.2 Å². The molecule has 0 atom stereocenters. The maximum atomic E-state index is 8.85. The van der Waals surface area contributed by atoms with E-state index >= 15 is 0 Å². The largest absolute Gasteiger partial charge is 0.396 e. The molecule has 0 spiro atoms. The summed E-state index contributed by atoms with van der Waals surface area (Å²) in [6.45, 7) is 4.70. The number of nitrogens with zero attached hydrogens (tertiary/aromatic N) is 1. The Bertz CT molecular complexity index is 251. The lowest BCUT2D eigenvalue weighted by Gasteiger charge is -2.20. The van der Waals surface area contributed by atoms with E-state index in [4.69, 9.17) is 10.2 Å². The smallest absolute Gasteiger partial charge is 0.0431 e. The van der Waals surface area contributed by atoms with Crippen molar-refractivity contribution in [3.05, 3.63) is 0 Å². The first-order valence-electron chi connectivity index (χ1n) is 11.3. The predicted octanol–water partition coefficient (Wildman–Crippen LogP) is 5.14. The number of unbranched alkanes of at least 4 members (excludes halogenated alkanes) is 8. The summed E-state index contributed by atoms with van der Waals surface area (Å²) in [6, 6.07) is 0. The maximum absolute atomic E-state index is 8.85. The Balaban J connectivity index is 2.10. The molecular weight excluding hydrogens is 310 g/mol. The molecule has 0 aromatic carbocycles. The highest BCUT2D eigenvalue weighted by molar-refractivity contribution is 4.68. The average molecular weight is 356 g/mol. The summed E-state index contributed by atoms with van der Waals surface area (Å²) in [5.41, 5.74) is 0. The minimum absolute atomic E-state index is 0.357. The highest BCUT2D eigenvalue weighted by Crippen LogP contribution is 2.23. The maximum Gasteiger partial charge on any atom is 0.0431 e. The summed E-state index contributed by atoms with van der Waals surface area (Å²) in [6.07, 6.45) is 20.8. The minimum Gasteiger partial charge on any atom is -0.396 e. The van der Waals surface area contributed by atoms with Crippen LogP contribution in [0.15, 0.2) is 0 Å². The first-order valence-corrected chi connectivity index (χ1v) is 11.3. The topological polar surface area (TPSA) is 43.7 Å². The Kier molecular flexibility index (Phi) is 15.9. The van der Waals surface area contributed by atoms with Gasteiger partial charge in [0.05, 0.1) is 0 Å². The van der Waals surface area contributed by atoms with E-state index in [-0.39, 0.29) is 0 Å². The monoisotopic (exact) mass is 355 g/mol. The van der Waals surface area contributed by atoms with Crippen molar-refractivity contribution in [1.29, 1.82) is 0 Å². The first kappa shape index (κ1) is 22.9. The second-order valence-corrected chi connectivity index (χ2v) is 8.12. The highest BCUT2D eigenvalue weighted by atomic mass is 16.3. The summed E-state index contributed by atoms with van der Waals surface area (Å²) >= 11 is 0. The quantitative estimate of drug-likeness (QED) is 0.334. The molecule has 3 nitrogen and oxygen atoms in total. The molecular formula is C22H45NO2. The lowest BCUT2D eigenvalue weighted by molar-refractivity contribution is 0.279. The van der Waals surface area contributed by atoms with Crippen molar-refractivity contribution < 1.29 is 10.2 Å². The van der Waals surface area contributed by atoms with E-state index < -0.39 is 0 Å². The molecule has 2 N–H and O–H groups in total. The van der Waals surface area contributed by atoms with Gasteiger partial charge in [0, 0.05) is 13.2 Å². The SMILES string of the molecule is OCCCCCCCC(CCCCCCCO)CCCN1CCCC1. The minimum atomic E-state index is 0.357. The molecule has 0 aromatic heterocycles. The molecule has 0 bridgehead atoms. The van der Waals surface area contributed by atoms with Gasteiger partial charge in [-0.2, -0.15) is 0 Å². The van der Waals surface area contributed by atoms with Gasteiger partial charge < -0.3 is 15.1 Å². The standard InChI is InChI=1S/C22H45NO2/c24-20-11-5-1-3-7-14-22(15-8-4-2-6-12-21-25)16-13-19-23-17-9-10-18-23/h22,24-25H,1-21H2. The van der Waals surface area contributed by atoms with Gasteiger partial charge in [0.25, 0.3) is 0 Å². The second-order valence-electron chi connectivity index (χ2n) is 8.12. The van der Waals surface area contributed by atoms with Gasteiger partial charge in [-0.3, -0.25) is 0 Å². The summed E-state index contributed by atoms with van der Waals surface area (Å²) < 4.78 is 0. The van der Waals surface area contributed by atoms with E-state index in [1.54, 1.807) is 0 Å². The zero-order valence-electron chi connectivity index (χ0n) is 16.8. The molecule has 1 fully saturated rings. The normalized spacial score (nSPS) is 15.5. The summed E-state index contributed by atoms with van der Waals surface area (Å²) in [7, 11) is 0. The van der Waals surface area contributed by atoms with E-state index in [2.05, 4.69) is 4.90 Å². The number of aliphatic hydroxyl groups excluding tert-OH is 2. The molecule has 25 heavy (non-hydrogen) atoms. The van der Waals surface area contributed by atoms with Crippen molar-refractivity contribution in [2.45, 2.75) is 103 Å².